The van der Waals surface area contributed by atoms with E-state index in [-0.39, 0.29) is 5.75 Å². The number of benzene rings is 1. The first-order chi connectivity index (χ1) is 14.9. The van der Waals surface area contributed by atoms with Crippen LogP contribution in [0.3, 0.4) is 0 Å². The molecular weight excluding hydrogens is 403 g/mol. The summed E-state index contributed by atoms with van der Waals surface area (Å²) in [6, 6.07) is 8.31. The Morgan fingerprint density at radius 1 is 0.935 bits per heavy atom. The highest BCUT2D eigenvalue weighted by Gasteiger charge is 2.31. The van der Waals surface area contributed by atoms with Gasteiger partial charge in [-0.2, -0.15) is 5.26 Å². The largest absolute Gasteiger partial charge is 0.573 e. The maximum absolute atomic E-state index is 12.3. The molecule has 0 aromatic heterocycles. The first-order valence-electron chi connectivity index (χ1n) is 11.1. The number of rotatable bonds is 7. The van der Waals surface area contributed by atoms with Gasteiger partial charge in [0, 0.05) is 12.7 Å². The third-order valence-corrected chi connectivity index (χ3v) is 6.38. The van der Waals surface area contributed by atoms with Crippen LogP contribution in [0.15, 0.2) is 48.6 Å². The van der Waals surface area contributed by atoms with Crippen molar-refractivity contribution in [2.45, 2.75) is 69.8 Å². The van der Waals surface area contributed by atoms with Gasteiger partial charge in [0.1, 0.15) is 5.75 Å². The van der Waals surface area contributed by atoms with Gasteiger partial charge in [-0.15, -0.1) is 13.2 Å². The normalized spacial score (nSPS) is 27.4. The summed E-state index contributed by atoms with van der Waals surface area (Å²) in [5.41, 5.74) is 1.09. The minimum atomic E-state index is -4.65. The van der Waals surface area contributed by atoms with Crippen LogP contribution >= 0.6 is 0 Å². The van der Waals surface area contributed by atoms with Crippen molar-refractivity contribution in [3.8, 4) is 11.8 Å². The number of ether oxygens (including phenoxy) is 2. The molecule has 2 aliphatic carbocycles. The van der Waals surface area contributed by atoms with Gasteiger partial charge < -0.3 is 9.47 Å². The molecule has 31 heavy (non-hydrogen) atoms. The maximum atomic E-state index is 12.3. The summed E-state index contributed by atoms with van der Waals surface area (Å²) in [6.07, 6.45) is 11.8. The molecule has 3 nitrogen and oxygen atoms in total. The van der Waals surface area contributed by atoms with Crippen LogP contribution in [0, 0.1) is 23.2 Å². The number of nitrogens with zero attached hydrogens (tertiary/aromatic N) is 1. The zero-order chi connectivity index (χ0) is 22.1. The summed E-state index contributed by atoms with van der Waals surface area (Å²) >= 11 is 0. The zero-order valence-electron chi connectivity index (χ0n) is 17.7. The summed E-state index contributed by atoms with van der Waals surface area (Å²) in [7, 11) is 0. The van der Waals surface area contributed by atoms with E-state index in [0.717, 1.165) is 63.5 Å². The molecule has 0 heterocycles. The van der Waals surface area contributed by atoms with Gasteiger partial charge in [0.15, 0.2) is 0 Å². The van der Waals surface area contributed by atoms with Crippen LogP contribution in [0.1, 0.15) is 62.8 Å². The Kier molecular flexibility index (Phi) is 8.60. The Morgan fingerprint density at radius 2 is 1.61 bits per heavy atom. The van der Waals surface area contributed by atoms with Crippen molar-refractivity contribution < 1.29 is 22.6 Å². The fraction of sp³-hybridized carbons (Fsp3) is 0.560. The van der Waals surface area contributed by atoms with Crippen LogP contribution in [-0.4, -0.2) is 19.1 Å². The Hall–Kier alpha value is -2.26. The molecular formula is C25H30F3NO2. The summed E-state index contributed by atoms with van der Waals surface area (Å²) < 4.78 is 47.0. The van der Waals surface area contributed by atoms with Crippen LogP contribution in [0.25, 0.3) is 0 Å². The minimum absolute atomic E-state index is 0.165. The fourth-order valence-electron chi connectivity index (χ4n) is 4.64. The second kappa shape index (κ2) is 11.4. The van der Waals surface area contributed by atoms with E-state index in [1.165, 1.54) is 18.2 Å². The lowest BCUT2D eigenvalue weighted by molar-refractivity contribution is -0.274. The Labute approximate surface area is 182 Å². The van der Waals surface area contributed by atoms with Crippen molar-refractivity contribution in [2.75, 3.05) is 6.61 Å². The van der Waals surface area contributed by atoms with Crippen molar-refractivity contribution in [3.05, 3.63) is 54.1 Å². The van der Waals surface area contributed by atoms with Crippen LogP contribution in [0.4, 0.5) is 13.2 Å². The van der Waals surface area contributed by atoms with Gasteiger partial charge in [0.05, 0.1) is 12.2 Å². The number of nitriles is 1. The second-order valence-electron chi connectivity index (χ2n) is 8.58. The molecule has 168 valence electrons. The fourth-order valence-corrected chi connectivity index (χ4v) is 4.64. The van der Waals surface area contributed by atoms with Crippen molar-refractivity contribution >= 4 is 0 Å². The van der Waals surface area contributed by atoms with E-state index in [4.69, 9.17) is 10.00 Å². The van der Waals surface area contributed by atoms with Gasteiger partial charge in [-0.05, 0) is 86.8 Å². The predicted octanol–water partition coefficient (Wildman–Crippen LogP) is 7.07. The van der Waals surface area contributed by atoms with Gasteiger partial charge in [0.2, 0.25) is 0 Å². The molecule has 2 aliphatic rings. The van der Waals surface area contributed by atoms with Gasteiger partial charge in [-0.3, -0.25) is 0 Å². The Balaban J connectivity index is 1.34. The molecule has 0 N–H and O–H groups in total. The molecule has 6 heteroatoms. The highest BCUT2D eigenvalue weighted by Crippen LogP contribution is 2.37. The maximum Gasteiger partial charge on any atom is 0.573 e. The third kappa shape index (κ3) is 8.06. The molecule has 3 rings (SSSR count). The Bertz CT molecular complexity index is 763. The molecule has 0 radical (unpaired) electrons. The topological polar surface area (TPSA) is 42.2 Å². The first kappa shape index (κ1) is 23.4. The molecule has 0 aliphatic heterocycles. The van der Waals surface area contributed by atoms with E-state index in [2.05, 4.69) is 10.8 Å². The highest BCUT2D eigenvalue weighted by atomic mass is 19.4. The quantitative estimate of drug-likeness (QED) is 0.341. The molecule has 0 amide bonds. The van der Waals surface area contributed by atoms with E-state index < -0.39 is 6.36 Å². The van der Waals surface area contributed by atoms with Crippen LogP contribution in [0.2, 0.25) is 0 Å². The lowest BCUT2D eigenvalue weighted by Crippen LogP contribution is -2.25. The lowest BCUT2D eigenvalue weighted by atomic mass is 9.79. The molecule has 1 aromatic carbocycles. The molecule has 0 atom stereocenters. The van der Waals surface area contributed by atoms with E-state index >= 15 is 0 Å². The van der Waals surface area contributed by atoms with E-state index in [9.17, 15) is 13.2 Å². The molecule has 0 spiro atoms. The van der Waals surface area contributed by atoms with Crippen LogP contribution in [0.5, 0.6) is 5.75 Å². The number of allylic oxidation sites excluding steroid dienone is 4. The van der Waals surface area contributed by atoms with E-state index in [1.54, 1.807) is 18.2 Å². The van der Waals surface area contributed by atoms with E-state index in [1.807, 2.05) is 12.1 Å². The second-order valence-corrected chi connectivity index (χ2v) is 8.58. The molecule has 0 bridgehead atoms. The smallest absolute Gasteiger partial charge is 0.406 e. The van der Waals surface area contributed by atoms with Gasteiger partial charge in [-0.25, -0.2) is 0 Å². The average molecular weight is 434 g/mol. The average Bonchev–Trinajstić information content (AvgIpc) is 2.76. The number of alkyl halides is 3. The number of hydrogen-bond donors (Lipinski definition) is 0. The van der Waals surface area contributed by atoms with Crippen molar-refractivity contribution in [2.24, 2.45) is 11.8 Å². The minimum Gasteiger partial charge on any atom is -0.406 e. The zero-order valence-corrected chi connectivity index (χ0v) is 17.7. The van der Waals surface area contributed by atoms with Crippen molar-refractivity contribution in [1.29, 1.82) is 5.26 Å². The Morgan fingerprint density at radius 3 is 2.23 bits per heavy atom. The monoisotopic (exact) mass is 433 g/mol. The number of halogens is 3. The summed E-state index contributed by atoms with van der Waals surface area (Å²) in [5, 5.41) is 8.49. The molecule has 2 fully saturated rings. The van der Waals surface area contributed by atoms with Crippen LogP contribution < -0.4 is 4.74 Å². The molecule has 2 saturated carbocycles. The number of hydrogen-bond acceptors (Lipinski definition) is 3. The first-order valence-corrected chi connectivity index (χ1v) is 11.1. The van der Waals surface area contributed by atoms with Gasteiger partial charge >= 0.3 is 6.36 Å². The molecule has 0 saturated heterocycles. The predicted molar refractivity (Wildman–Crippen MR) is 113 cm³/mol. The third-order valence-electron chi connectivity index (χ3n) is 6.38. The summed E-state index contributed by atoms with van der Waals surface area (Å²) in [5.74, 6) is 1.38. The summed E-state index contributed by atoms with van der Waals surface area (Å²) in [6.45, 7) is 0.807. The SMILES string of the molecule is N#C/C=C/C=C/C1CCC(OCC2CCC(c3ccc(OC(F)(F)F)cc3)CC2)CC1. The summed E-state index contributed by atoms with van der Waals surface area (Å²) in [4.78, 5) is 0. The van der Waals surface area contributed by atoms with Crippen molar-refractivity contribution in [3.63, 3.8) is 0 Å². The van der Waals surface area contributed by atoms with Gasteiger partial charge in [0.25, 0.3) is 0 Å². The van der Waals surface area contributed by atoms with Crippen LogP contribution in [-0.2, 0) is 4.74 Å². The van der Waals surface area contributed by atoms with Crippen molar-refractivity contribution in [1.82, 2.24) is 0 Å². The van der Waals surface area contributed by atoms with Gasteiger partial charge in [-0.1, -0.05) is 30.4 Å². The van der Waals surface area contributed by atoms with E-state index in [0.29, 0.717) is 23.9 Å². The standard InChI is InChI=1S/C25H30F3NO2/c26-25(27,28)31-24-15-11-22(12-16-24)21-9-5-20(6-10-21)18-30-23-13-7-19(8-14-23)4-2-1-3-17-29/h1-4,11-12,15-16,19-21,23H,5-10,13-14,18H2/b3-1+,4-2+. The lowest BCUT2D eigenvalue weighted by Gasteiger charge is -2.32. The highest BCUT2D eigenvalue weighted by molar-refractivity contribution is 5.29. The molecule has 0 unspecified atom stereocenters. The molecule has 1 aromatic rings.